The van der Waals surface area contributed by atoms with Gasteiger partial charge in [0.15, 0.2) is 5.69 Å². The molecule has 2 N–H and O–H groups in total. The van der Waals surface area contributed by atoms with Gasteiger partial charge in [0.2, 0.25) is 0 Å². The van der Waals surface area contributed by atoms with E-state index in [4.69, 9.17) is 5.73 Å². The van der Waals surface area contributed by atoms with Gasteiger partial charge in [0.25, 0.3) is 5.91 Å². The van der Waals surface area contributed by atoms with Crippen LogP contribution in [0.4, 0.5) is 5.69 Å². The van der Waals surface area contributed by atoms with E-state index in [9.17, 15) is 4.79 Å². The monoisotopic (exact) mass is 286 g/mol. The number of pyridine rings is 1. The Morgan fingerprint density at radius 1 is 1.48 bits per heavy atom. The van der Waals surface area contributed by atoms with Gasteiger partial charge in [-0.25, -0.2) is 4.98 Å². The van der Waals surface area contributed by atoms with Gasteiger partial charge in [0.05, 0.1) is 5.69 Å². The van der Waals surface area contributed by atoms with E-state index in [1.54, 1.807) is 24.7 Å². The predicted octanol–water partition coefficient (Wildman–Crippen LogP) is 0.812. The number of carbonyl (C=O) groups is 1. The summed E-state index contributed by atoms with van der Waals surface area (Å²) in [6, 6.07) is 3.43. The smallest absolute Gasteiger partial charge is 0.274 e. The number of amides is 1. The van der Waals surface area contributed by atoms with Crippen molar-refractivity contribution in [3.63, 3.8) is 0 Å². The Balaban J connectivity index is 1.79. The molecule has 7 nitrogen and oxygen atoms in total. The van der Waals surface area contributed by atoms with Crippen molar-refractivity contribution in [2.24, 2.45) is 7.05 Å². The number of hydrogen-bond acceptors (Lipinski definition) is 5. The number of nitrogens with two attached hydrogens (primary N) is 1. The average Bonchev–Trinajstić information content (AvgIpc) is 2.93. The van der Waals surface area contributed by atoms with E-state index in [1.165, 1.54) is 0 Å². The molecule has 1 atom stereocenters. The van der Waals surface area contributed by atoms with Gasteiger partial charge in [-0.05, 0) is 25.0 Å². The maximum atomic E-state index is 12.6. The summed E-state index contributed by atoms with van der Waals surface area (Å²) >= 11 is 0. The number of rotatable bonds is 2. The molecule has 3 rings (SSSR count). The van der Waals surface area contributed by atoms with Crippen molar-refractivity contribution < 1.29 is 4.79 Å². The van der Waals surface area contributed by atoms with Crippen LogP contribution in [0, 0.1) is 0 Å². The summed E-state index contributed by atoms with van der Waals surface area (Å²) in [7, 11) is 1.92. The van der Waals surface area contributed by atoms with E-state index in [-0.39, 0.29) is 11.8 Å². The number of piperidine rings is 1. The zero-order chi connectivity index (χ0) is 14.8. The standard InChI is InChI=1S/C14H18N6O/c1-19-9-17-18-13(19)10-4-3-7-20(8-10)14(21)12-11(15)5-2-6-16-12/h2,5-6,9-10H,3-4,7-8,15H2,1H3. The first-order chi connectivity index (χ1) is 10.2. The summed E-state index contributed by atoms with van der Waals surface area (Å²) in [5, 5.41) is 8.07. The van der Waals surface area contributed by atoms with Crippen LogP contribution < -0.4 is 5.73 Å². The molecule has 1 saturated heterocycles. The highest BCUT2D eigenvalue weighted by atomic mass is 16.2. The third-order valence-corrected chi connectivity index (χ3v) is 3.86. The second-order valence-corrected chi connectivity index (χ2v) is 5.33. The summed E-state index contributed by atoms with van der Waals surface area (Å²) in [4.78, 5) is 18.5. The first kappa shape index (κ1) is 13.5. The van der Waals surface area contributed by atoms with Crippen molar-refractivity contribution in [3.8, 4) is 0 Å². The minimum absolute atomic E-state index is 0.111. The molecular formula is C14H18N6O. The Hall–Kier alpha value is -2.44. The summed E-state index contributed by atoms with van der Waals surface area (Å²) in [6.45, 7) is 1.35. The summed E-state index contributed by atoms with van der Waals surface area (Å²) < 4.78 is 1.91. The minimum Gasteiger partial charge on any atom is -0.397 e. The highest BCUT2D eigenvalue weighted by Gasteiger charge is 2.29. The second kappa shape index (κ2) is 5.51. The van der Waals surface area contributed by atoms with Gasteiger partial charge < -0.3 is 15.2 Å². The lowest BCUT2D eigenvalue weighted by Crippen LogP contribution is -2.40. The van der Waals surface area contributed by atoms with Gasteiger partial charge in [0, 0.05) is 32.3 Å². The van der Waals surface area contributed by atoms with E-state index in [0.717, 1.165) is 25.2 Å². The molecule has 1 fully saturated rings. The van der Waals surface area contributed by atoms with Crippen LogP contribution in [-0.2, 0) is 7.05 Å². The summed E-state index contributed by atoms with van der Waals surface area (Å²) in [6.07, 6.45) is 5.23. The van der Waals surface area contributed by atoms with Crippen LogP contribution in [0.3, 0.4) is 0 Å². The van der Waals surface area contributed by atoms with Crippen molar-refractivity contribution in [2.75, 3.05) is 18.8 Å². The van der Waals surface area contributed by atoms with Gasteiger partial charge >= 0.3 is 0 Å². The first-order valence-electron chi connectivity index (χ1n) is 7.00. The molecule has 110 valence electrons. The van der Waals surface area contributed by atoms with Crippen LogP contribution >= 0.6 is 0 Å². The normalized spacial score (nSPS) is 18.7. The summed E-state index contributed by atoms with van der Waals surface area (Å²) in [5.74, 6) is 1.02. The molecule has 3 heterocycles. The SMILES string of the molecule is Cn1cnnc1C1CCCN(C(=O)c2ncccc2N)C1. The molecule has 0 bridgehead atoms. The van der Waals surface area contributed by atoms with Crippen molar-refractivity contribution in [2.45, 2.75) is 18.8 Å². The second-order valence-electron chi connectivity index (χ2n) is 5.33. The van der Waals surface area contributed by atoms with Gasteiger partial charge in [0.1, 0.15) is 12.2 Å². The van der Waals surface area contributed by atoms with Gasteiger partial charge in [-0.1, -0.05) is 0 Å². The average molecular weight is 286 g/mol. The first-order valence-corrected chi connectivity index (χ1v) is 7.00. The van der Waals surface area contributed by atoms with Gasteiger partial charge in [-0.3, -0.25) is 4.79 Å². The molecule has 1 amide bonds. The molecule has 7 heteroatoms. The molecule has 0 aromatic carbocycles. The number of hydrogen-bond donors (Lipinski definition) is 1. The van der Waals surface area contributed by atoms with Crippen LogP contribution in [0.5, 0.6) is 0 Å². The Labute approximate surface area is 122 Å². The number of nitrogens with zero attached hydrogens (tertiary/aromatic N) is 5. The number of aromatic nitrogens is 4. The predicted molar refractivity (Wildman–Crippen MR) is 77.5 cm³/mol. The molecule has 0 spiro atoms. The zero-order valence-corrected chi connectivity index (χ0v) is 11.9. The lowest BCUT2D eigenvalue weighted by atomic mass is 9.97. The fourth-order valence-electron chi connectivity index (χ4n) is 2.78. The van der Waals surface area contributed by atoms with Crippen molar-refractivity contribution >= 4 is 11.6 Å². The van der Waals surface area contributed by atoms with Gasteiger partial charge in [-0.2, -0.15) is 0 Å². The van der Waals surface area contributed by atoms with E-state index in [0.29, 0.717) is 17.9 Å². The zero-order valence-electron chi connectivity index (χ0n) is 11.9. The number of likely N-dealkylation sites (tertiary alicyclic amines) is 1. The molecule has 21 heavy (non-hydrogen) atoms. The molecule has 2 aromatic heterocycles. The fraction of sp³-hybridized carbons (Fsp3) is 0.429. The van der Waals surface area contributed by atoms with E-state index in [2.05, 4.69) is 15.2 Å². The molecule has 0 saturated carbocycles. The number of aryl methyl sites for hydroxylation is 1. The molecule has 2 aromatic rings. The maximum absolute atomic E-state index is 12.6. The Kier molecular flexibility index (Phi) is 3.55. The minimum atomic E-state index is -0.111. The number of carbonyl (C=O) groups excluding carboxylic acids is 1. The third-order valence-electron chi connectivity index (χ3n) is 3.86. The molecule has 1 aliphatic heterocycles. The molecular weight excluding hydrogens is 268 g/mol. The van der Waals surface area contributed by atoms with Crippen LogP contribution in [0.15, 0.2) is 24.7 Å². The Morgan fingerprint density at radius 3 is 3.05 bits per heavy atom. The van der Waals surface area contributed by atoms with Crippen molar-refractivity contribution in [1.29, 1.82) is 0 Å². The van der Waals surface area contributed by atoms with E-state index < -0.39 is 0 Å². The number of nitrogen functional groups attached to an aromatic ring is 1. The maximum Gasteiger partial charge on any atom is 0.274 e. The van der Waals surface area contributed by atoms with Crippen molar-refractivity contribution in [3.05, 3.63) is 36.2 Å². The largest absolute Gasteiger partial charge is 0.397 e. The highest BCUT2D eigenvalue weighted by molar-refractivity contribution is 5.97. The Bertz CT molecular complexity index is 652. The van der Waals surface area contributed by atoms with Crippen LogP contribution in [0.1, 0.15) is 35.1 Å². The molecule has 1 unspecified atom stereocenters. The van der Waals surface area contributed by atoms with E-state index >= 15 is 0 Å². The molecule has 1 aliphatic rings. The van der Waals surface area contributed by atoms with Crippen LogP contribution in [0.25, 0.3) is 0 Å². The van der Waals surface area contributed by atoms with Crippen molar-refractivity contribution in [1.82, 2.24) is 24.6 Å². The molecule has 0 aliphatic carbocycles. The molecule has 0 radical (unpaired) electrons. The lowest BCUT2D eigenvalue weighted by molar-refractivity contribution is 0.0698. The fourth-order valence-corrected chi connectivity index (χ4v) is 2.78. The van der Waals surface area contributed by atoms with Crippen LogP contribution in [0.2, 0.25) is 0 Å². The highest BCUT2D eigenvalue weighted by Crippen LogP contribution is 2.26. The van der Waals surface area contributed by atoms with E-state index in [1.807, 2.05) is 16.5 Å². The topological polar surface area (TPSA) is 89.9 Å². The van der Waals surface area contributed by atoms with Crippen LogP contribution in [-0.4, -0.2) is 43.6 Å². The summed E-state index contributed by atoms with van der Waals surface area (Å²) in [5.41, 5.74) is 6.59. The quantitative estimate of drug-likeness (QED) is 0.882. The number of anilines is 1. The lowest BCUT2D eigenvalue weighted by Gasteiger charge is -2.32. The van der Waals surface area contributed by atoms with Gasteiger partial charge in [-0.15, -0.1) is 10.2 Å². The third kappa shape index (κ3) is 2.58. The Morgan fingerprint density at radius 2 is 2.33 bits per heavy atom.